The molecule has 0 saturated heterocycles. The predicted octanol–water partition coefficient (Wildman–Crippen LogP) is 4.13. The van der Waals surface area contributed by atoms with Crippen LogP contribution in [-0.2, 0) is 9.47 Å². The van der Waals surface area contributed by atoms with Crippen LogP contribution in [0.1, 0.15) is 78.1 Å². The number of hydrogen-bond acceptors (Lipinski definition) is 3. The van der Waals surface area contributed by atoms with Gasteiger partial charge in [0.25, 0.3) is 0 Å². The SMILES string of the molecule is CCNC(=NCC1(CCOCC)CCCC1)NCC1(CCOC)CCCC1. The summed E-state index contributed by atoms with van der Waals surface area (Å²) >= 11 is 0. The number of aliphatic imine (C=N–C) groups is 1. The van der Waals surface area contributed by atoms with Gasteiger partial charge in [-0.3, -0.25) is 4.99 Å². The van der Waals surface area contributed by atoms with E-state index in [0.29, 0.717) is 10.8 Å². The fourth-order valence-electron chi connectivity index (χ4n) is 4.86. The molecule has 0 amide bonds. The average molecular weight is 382 g/mol. The van der Waals surface area contributed by atoms with E-state index in [2.05, 4.69) is 24.5 Å². The molecule has 2 aliphatic rings. The zero-order valence-electron chi connectivity index (χ0n) is 18.1. The van der Waals surface area contributed by atoms with Crippen molar-refractivity contribution in [2.75, 3.05) is 46.6 Å². The van der Waals surface area contributed by atoms with Crippen molar-refractivity contribution in [1.29, 1.82) is 0 Å². The van der Waals surface area contributed by atoms with Gasteiger partial charge < -0.3 is 20.1 Å². The molecule has 0 atom stereocenters. The van der Waals surface area contributed by atoms with E-state index in [1.165, 1.54) is 51.4 Å². The zero-order valence-corrected chi connectivity index (χ0v) is 18.1. The third-order valence-electron chi connectivity index (χ3n) is 6.69. The molecule has 5 nitrogen and oxygen atoms in total. The first-order valence-corrected chi connectivity index (χ1v) is 11.3. The van der Waals surface area contributed by atoms with Crippen LogP contribution >= 0.6 is 0 Å². The van der Waals surface area contributed by atoms with Gasteiger partial charge in [-0.05, 0) is 63.2 Å². The van der Waals surface area contributed by atoms with E-state index >= 15 is 0 Å². The van der Waals surface area contributed by atoms with Crippen molar-refractivity contribution in [2.45, 2.75) is 78.1 Å². The Balaban J connectivity index is 1.93. The maximum absolute atomic E-state index is 5.65. The lowest BCUT2D eigenvalue weighted by Crippen LogP contribution is -2.44. The van der Waals surface area contributed by atoms with Crippen molar-refractivity contribution in [3.63, 3.8) is 0 Å². The summed E-state index contributed by atoms with van der Waals surface area (Å²) in [4.78, 5) is 5.03. The fraction of sp³-hybridized carbons (Fsp3) is 0.955. The van der Waals surface area contributed by atoms with E-state index < -0.39 is 0 Å². The molecular weight excluding hydrogens is 338 g/mol. The molecule has 2 aliphatic carbocycles. The highest BCUT2D eigenvalue weighted by molar-refractivity contribution is 5.79. The first-order chi connectivity index (χ1) is 13.2. The lowest BCUT2D eigenvalue weighted by molar-refractivity contribution is 0.107. The van der Waals surface area contributed by atoms with Crippen molar-refractivity contribution in [3.05, 3.63) is 0 Å². The van der Waals surface area contributed by atoms with Gasteiger partial charge in [-0.25, -0.2) is 0 Å². The van der Waals surface area contributed by atoms with Gasteiger partial charge in [-0.1, -0.05) is 25.7 Å². The number of guanidine groups is 1. The monoisotopic (exact) mass is 381 g/mol. The van der Waals surface area contributed by atoms with Crippen molar-refractivity contribution < 1.29 is 9.47 Å². The standard InChI is InChI=1S/C22H43N3O2/c1-4-23-20(24-18-21(14-16-26-3)10-6-7-11-21)25-19-22(12-8-9-13-22)15-17-27-5-2/h4-19H2,1-3H3,(H2,23,24,25). The van der Waals surface area contributed by atoms with E-state index in [-0.39, 0.29) is 0 Å². The van der Waals surface area contributed by atoms with Crippen molar-refractivity contribution in [3.8, 4) is 0 Å². The third-order valence-corrected chi connectivity index (χ3v) is 6.69. The highest BCUT2D eigenvalue weighted by atomic mass is 16.5. The lowest BCUT2D eigenvalue weighted by atomic mass is 9.83. The Morgan fingerprint density at radius 2 is 1.52 bits per heavy atom. The predicted molar refractivity (Wildman–Crippen MR) is 113 cm³/mol. The Kier molecular flexibility index (Phi) is 9.91. The highest BCUT2D eigenvalue weighted by Crippen LogP contribution is 2.42. The molecule has 2 fully saturated rings. The van der Waals surface area contributed by atoms with Crippen molar-refractivity contribution in [1.82, 2.24) is 10.6 Å². The maximum atomic E-state index is 5.65. The van der Waals surface area contributed by atoms with Gasteiger partial charge in [-0.15, -0.1) is 0 Å². The highest BCUT2D eigenvalue weighted by Gasteiger charge is 2.35. The van der Waals surface area contributed by atoms with Crippen LogP contribution in [0.25, 0.3) is 0 Å². The summed E-state index contributed by atoms with van der Waals surface area (Å²) in [6.45, 7) is 9.60. The summed E-state index contributed by atoms with van der Waals surface area (Å²) in [5.74, 6) is 0.990. The molecule has 158 valence electrons. The molecule has 0 spiro atoms. The summed E-state index contributed by atoms with van der Waals surface area (Å²) in [5.41, 5.74) is 0.727. The van der Waals surface area contributed by atoms with Crippen LogP contribution in [-0.4, -0.2) is 52.5 Å². The smallest absolute Gasteiger partial charge is 0.191 e. The number of nitrogens with zero attached hydrogens (tertiary/aromatic N) is 1. The molecule has 2 rings (SSSR count). The first-order valence-electron chi connectivity index (χ1n) is 11.3. The Labute approximate surface area is 167 Å². The fourth-order valence-corrected chi connectivity index (χ4v) is 4.86. The largest absolute Gasteiger partial charge is 0.385 e. The molecule has 0 aromatic heterocycles. The minimum Gasteiger partial charge on any atom is -0.385 e. The third kappa shape index (κ3) is 7.26. The minimum absolute atomic E-state index is 0.346. The molecule has 5 heteroatoms. The van der Waals surface area contributed by atoms with Crippen LogP contribution in [0.3, 0.4) is 0 Å². The Morgan fingerprint density at radius 3 is 2.11 bits per heavy atom. The molecule has 2 N–H and O–H groups in total. The van der Waals surface area contributed by atoms with Crippen LogP contribution in [0, 0.1) is 10.8 Å². The summed E-state index contributed by atoms with van der Waals surface area (Å²) in [6.07, 6.45) is 12.9. The Hall–Kier alpha value is -0.810. The normalized spacial score (nSPS) is 21.5. The molecule has 0 aromatic rings. The van der Waals surface area contributed by atoms with Gasteiger partial charge in [-0.2, -0.15) is 0 Å². The maximum Gasteiger partial charge on any atom is 0.191 e. The molecule has 2 saturated carbocycles. The van der Waals surface area contributed by atoms with E-state index in [4.69, 9.17) is 14.5 Å². The van der Waals surface area contributed by atoms with E-state index in [1.807, 2.05) is 7.11 Å². The molecule has 27 heavy (non-hydrogen) atoms. The van der Waals surface area contributed by atoms with Crippen LogP contribution in [0.4, 0.5) is 0 Å². The Bertz CT molecular complexity index is 427. The van der Waals surface area contributed by atoms with Crippen LogP contribution in [0.2, 0.25) is 0 Å². The Morgan fingerprint density at radius 1 is 0.889 bits per heavy atom. The number of nitrogens with one attached hydrogen (secondary N) is 2. The number of hydrogen-bond donors (Lipinski definition) is 2. The summed E-state index contributed by atoms with van der Waals surface area (Å²) in [7, 11) is 1.81. The second-order valence-electron chi connectivity index (χ2n) is 8.65. The lowest BCUT2D eigenvalue weighted by Gasteiger charge is -2.31. The van der Waals surface area contributed by atoms with Crippen LogP contribution in [0.15, 0.2) is 4.99 Å². The van der Waals surface area contributed by atoms with Gasteiger partial charge in [0.05, 0.1) is 0 Å². The molecule has 0 aliphatic heterocycles. The molecule has 0 unspecified atom stereocenters. The van der Waals surface area contributed by atoms with Crippen LogP contribution < -0.4 is 10.6 Å². The van der Waals surface area contributed by atoms with Gasteiger partial charge >= 0.3 is 0 Å². The van der Waals surface area contributed by atoms with Gasteiger partial charge in [0.1, 0.15) is 0 Å². The van der Waals surface area contributed by atoms with E-state index in [0.717, 1.165) is 58.3 Å². The van der Waals surface area contributed by atoms with Crippen molar-refractivity contribution >= 4 is 5.96 Å². The number of ether oxygens (including phenoxy) is 2. The average Bonchev–Trinajstić information content (AvgIpc) is 3.33. The molecule has 0 heterocycles. The summed E-state index contributed by atoms with van der Waals surface area (Å²) in [6, 6.07) is 0. The van der Waals surface area contributed by atoms with Crippen LogP contribution in [0.5, 0.6) is 0 Å². The summed E-state index contributed by atoms with van der Waals surface area (Å²) < 4.78 is 11.0. The first kappa shape index (κ1) is 22.5. The molecule has 0 bridgehead atoms. The van der Waals surface area contributed by atoms with E-state index in [9.17, 15) is 0 Å². The quantitative estimate of drug-likeness (QED) is 0.303. The zero-order chi connectivity index (χ0) is 19.4. The van der Waals surface area contributed by atoms with E-state index in [1.54, 1.807) is 0 Å². The molecule has 0 radical (unpaired) electrons. The minimum atomic E-state index is 0.346. The van der Waals surface area contributed by atoms with Gasteiger partial charge in [0, 0.05) is 46.6 Å². The molecular formula is C22H43N3O2. The van der Waals surface area contributed by atoms with Gasteiger partial charge in [0.15, 0.2) is 5.96 Å². The second kappa shape index (κ2) is 11.9. The van der Waals surface area contributed by atoms with Gasteiger partial charge in [0.2, 0.25) is 0 Å². The number of methoxy groups -OCH3 is 1. The number of rotatable bonds is 12. The molecule has 0 aromatic carbocycles. The summed E-state index contributed by atoms with van der Waals surface area (Å²) in [5, 5.41) is 7.14. The second-order valence-corrected chi connectivity index (χ2v) is 8.65. The topological polar surface area (TPSA) is 54.9 Å². The van der Waals surface area contributed by atoms with Crippen molar-refractivity contribution in [2.24, 2.45) is 15.8 Å².